The third-order valence-corrected chi connectivity index (χ3v) is 4.41. The molecule has 20 heavy (non-hydrogen) atoms. The van der Waals surface area contributed by atoms with E-state index in [1.54, 1.807) is 0 Å². The Balaban J connectivity index is 2.23. The summed E-state index contributed by atoms with van der Waals surface area (Å²) in [5, 5.41) is 10.2. The monoisotopic (exact) mass is 341 g/mol. The van der Waals surface area contributed by atoms with E-state index in [0.717, 1.165) is 35.4 Å². The summed E-state index contributed by atoms with van der Waals surface area (Å²) >= 11 is 7.36. The predicted molar refractivity (Wildman–Crippen MR) is 67.1 cm³/mol. The molecular weight excluding hydrogens is 339 g/mol. The highest BCUT2D eigenvalue weighted by Gasteiger charge is 2.31. The van der Waals surface area contributed by atoms with E-state index in [9.17, 15) is 23.3 Å². The fourth-order valence-corrected chi connectivity index (χ4v) is 3.06. The van der Waals surface area contributed by atoms with E-state index in [1.165, 1.54) is 0 Å². The van der Waals surface area contributed by atoms with E-state index in [0.29, 0.717) is 6.20 Å². The van der Waals surface area contributed by atoms with Crippen molar-refractivity contribution in [3.63, 3.8) is 0 Å². The first-order valence-electron chi connectivity index (χ1n) is 4.78. The second-order valence-electron chi connectivity index (χ2n) is 3.33. The molecule has 2 heterocycles. The maximum Gasteiger partial charge on any atom is 0.417 e. The van der Waals surface area contributed by atoms with Gasteiger partial charge in [-0.3, -0.25) is 10.1 Å². The Hall–Kier alpha value is -1.39. The van der Waals surface area contributed by atoms with Crippen LogP contribution in [0.5, 0.6) is 0 Å². The van der Waals surface area contributed by atoms with Gasteiger partial charge >= 0.3 is 11.2 Å². The minimum absolute atomic E-state index is 0.101. The molecule has 2 aromatic rings. The number of alkyl halides is 3. The standard InChI is InChI=1S/C9H3ClF3N3O2S2/c10-5-1-4(9(11,12)13)2-14-7(5)20-8-15-3-6(19-8)16(17)18/h1-3H. The molecule has 106 valence electrons. The molecule has 2 rings (SSSR count). The van der Waals surface area contributed by atoms with Crippen molar-refractivity contribution in [1.82, 2.24) is 9.97 Å². The fourth-order valence-electron chi connectivity index (χ4n) is 1.12. The first-order valence-corrected chi connectivity index (χ1v) is 6.79. The number of hydrogen-bond acceptors (Lipinski definition) is 6. The van der Waals surface area contributed by atoms with Crippen molar-refractivity contribution in [2.75, 3.05) is 0 Å². The molecule has 0 amide bonds. The summed E-state index contributed by atoms with van der Waals surface area (Å²) in [7, 11) is 0. The second kappa shape index (κ2) is 5.54. The molecule has 0 aliphatic heterocycles. The van der Waals surface area contributed by atoms with E-state index >= 15 is 0 Å². The third-order valence-electron chi connectivity index (χ3n) is 1.97. The Bertz CT molecular complexity index is 662. The lowest BCUT2D eigenvalue weighted by Gasteiger charge is -2.07. The highest BCUT2D eigenvalue weighted by atomic mass is 35.5. The van der Waals surface area contributed by atoms with Crippen LogP contribution in [-0.2, 0) is 6.18 Å². The van der Waals surface area contributed by atoms with Crippen molar-refractivity contribution in [2.45, 2.75) is 15.5 Å². The maximum atomic E-state index is 12.4. The molecule has 5 nitrogen and oxygen atoms in total. The molecule has 0 fully saturated rings. The molecular formula is C9H3ClF3N3O2S2. The van der Waals surface area contributed by atoms with E-state index in [2.05, 4.69) is 9.97 Å². The van der Waals surface area contributed by atoms with E-state index in [4.69, 9.17) is 11.6 Å². The quantitative estimate of drug-likeness (QED) is 0.616. The summed E-state index contributed by atoms with van der Waals surface area (Å²) in [5.74, 6) is 0. The molecule has 0 aliphatic carbocycles. The summed E-state index contributed by atoms with van der Waals surface area (Å²) in [6.07, 6.45) is -2.82. The summed E-state index contributed by atoms with van der Waals surface area (Å²) in [5.41, 5.74) is -0.961. The molecule has 0 N–H and O–H groups in total. The Morgan fingerprint density at radius 1 is 1.35 bits per heavy atom. The largest absolute Gasteiger partial charge is 0.417 e. The van der Waals surface area contributed by atoms with Crippen molar-refractivity contribution in [3.05, 3.63) is 39.2 Å². The van der Waals surface area contributed by atoms with Crippen LogP contribution in [0.1, 0.15) is 5.56 Å². The number of pyridine rings is 1. The van der Waals surface area contributed by atoms with Gasteiger partial charge in [0.1, 0.15) is 11.2 Å². The van der Waals surface area contributed by atoms with Crippen LogP contribution in [0.3, 0.4) is 0 Å². The minimum atomic E-state index is -4.53. The first-order chi connectivity index (χ1) is 9.27. The Morgan fingerprint density at radius 3 is 2.55 bits per heavy atom. The molecule has 0 aromatic carbocycles. The summed E-state index contributed by atoms with van der Waals surface area (Å²) < 4.78 is 37.6. The van der Waals surface area contributed by atoms with Crippen LogP contribution in [0.2, 0.25) is 5.02 Å². The van der Waals surface area contributed by atoms with Gasteiger partial charge in [-0.05, 0) is 29.2 Å². The molecule has 0 radical (unpaired) electrons. The van der Waals surface area contributed by atoms with Gasteiger partial charge in [0.05, 0.1) is 15.5 Å². The van der Waals surface area contributed by atoms with E-state index in [-0.39, 0.29) is 19.4 Å². The molecule has 0 spiro atoms. The van der Waals surface area contributed by atoms with Gasteiger partial charge < -0.3 is 0 Å². The smallest absolute Gasteiger partial charge is 0.257 e. The zero-order valence-corrected chi connectivity index (χ0v) is 11.6. The van der Waals surface area contributed by atoms with E-state index < -0.39 is 16.7 Å². The van der Waals surface area contributed by atoms with Crippen molar-refractivity contribution in [3.8, 4) is 0 Å². The van der Waals surface area contributed by atoms with Crippen LogP contribution >= 0.6 is 34.7 Å². The molecule has 0 saturated carbocycles. The van der Waals surface area contributed by atoms with Crippen LogP contribution < -0.4 is 0 Å². The average Bonchev–Trinajstić information content (AvgIpc) is 2.79. The SMILES string of the molecule is O=[N+]([O-])c1cnc(Sc2ncc(C(F)(F)F)cc2Cl)s1. The van der Waals surface area contributed by atoms with Crippen LogP contribution in [0.4, 0.5) is 18.2 Å². The first kappa shape index (κ1) is 15.0. The van der Waals surface area contributed by atoms with Gasteiger partial charge in [0.2, 0.25) is 0 Å². The lowest BCUT2D eigenvalue weighted by Crippen LogP contribution is -2.05. The van der Waals surface area contributed by atoms with Gasteiger partial charge in [0, 0.05) is 6.20 Å². The Labute approximate surface area is 123 Å². The summed E-state index contributed by atoms with van der Waals surface area (Å²) in [6.45, 7) is 0. The van der Waals surface area contributed by atoms with Crippen molar-refractivity contribution in [1.29, 1.82) is 0 Å². The number of nitrogens with zero attached hydrogens (tertiary/aromatic N) is 3. The Kier molecular flexibility index (Phi) is 4.16. The summed E-state index contributed by atoms with van der Waals surface area (Å²) in [4.78, 5) is 17.2. The fraction of sp³-hybridized carbons (Fsp3) is 0.111. The zero-order chi connectivity index (χ0) is 14.9. The lowest BCUT2D eigenvalue weighted by atomic mass is 10.3. The van der Waals surface area contributed by atoms with Gasteiger partial charge in [0.15, 0.2) is 4.34 Å². The molecule has 0 bridgehead atoms. The van der Waals surface area contributed by atoms with Crippen molar-refractivity contribution in [2.24, 2.45) is 0 Å². The van der Waals surface area contributed by atoms with Crippen molar-refractivity contribution < 1.29 is 18.1 Å². The average molecular weight is 342 g/mol. The van der Waals surface area contributed by atoms with Gasteiger partial charge in [-0.2, -0.15) is 13.2 Å². The number of aromatic nitrogens is 2. The van der Waals surface area contributed by atoms with E-state index in [1.807, 2.05) is 0 Å². The van der Waals surface area contributed by atoms with Gasteiger partial charge in [-0.15, -0.1) is 0 Å². The number of halogens is 4. The molecule has 2 aromatic heterocycles. The molecule has 0 saturated heterocycles. The molecule has 0 unspecified atom stereocenters. The zero-order valence-electron chi connectivity index (χ0n) is 9.22. The topological polar surface area (TPSA) is 68.9 Å². The van der Waals surface area contributed by atoms with Gasteiger partial charge in [-0.25, -0.2) is 9.97 Å². The lowest BCUT2D eigenvalue weighted by molar-refractivity contribution is -0.380. The molecule has 0 atom stereocenters. The van der Waals surface area contributed by atoms with Crippen LogP contribution in [0.25, 0.3) is 0 Å². The molecule has 0 aliphatic rings. The maximum absolute atomic E-state index is 12.4. The predicted octanol–water partition coefficient (Wildman–Crippen LogP) is 4.27. The second-order valence-corrected chi connectivity index (χ2v) is 5.98. The van der Waals surface area contributed by atoms with Gasteiger partial charge in [0.25, 0.3) is 0 Å². The normalized spacial score (nSPS) is 11.6. The Morgan fingerprint density at radius 2 is 2.05 bits per heavy atom. The molecule has 11 heteroatoms. The number of rotatable bonds is 3. The van der Waals surface area contributed by atoms with Crippen LogP contribution in [-0.4, -0.2) is 14.9 Å². The third kappa shape index (κ3) is 3.38. The highest BCUT2D eigenvalue weighted by Crippen LogP contribution is 2.38. The highest BCUT2D eigenvalue weighted by molar-refractivity contribution is 8.01. The minimum Gasteiger partial charge on any atom is -0.257 e. The number of nitro groups is 1. The van der Waals surface area contributed by atoms with Crippen LogP contribution in [0.15, 0.2) is 27.8 Å². The van der Waals surface area contributed by atoms with Crippen LogP contribution in [0, 0.1) is 10.1 Å². The van der Waals surface area contributed by atoms with Gasteiger partial charge in [-0.1, -0.05) is 11.6 Å². The van der Waals surface area contributed by atoms with Crippen molar-refractivity contribution >= 4 is 39.7 Å². The number of thiazole rings is 1. The summed E-state index contributed by atoms with van der Waals surface area (Å²) in [6, 6.07) is 0.749. The number of hydrogen-bond donors (Lipinski definition) is 0.